The molecule has 2 amide bonds. The Bertz CT molecular complexity index is 1250. The van der Waals surface area contributed by atoms with Crippen molar-refractivity contribution in [2.75, 3.05) is 10.6 Å². The van der Waals surface area contributed by atoms with Crippen molar-refractivity contribution >= 4 is 60.6 Å². The number of hydrogen-bond donors (Lipinski definition) is 4. The van der Waals surface area contributed by atoms with E-state index in [1.807, 2.05) is 36.4 Å². The van der Waals surface area contributed by atoms with E-state index in [1.54, 1.807) is 60.9 Å². The van der Waals surface area contributed by atoms with Crippen molar-refractivity contribution < 1.29 is 9.59 Å². The van der Waals surface area contributed by atoms with Gasteiger partial charge in [0.05, 0.1) is 11.4 Å². The maximum Gasteiger partial charge on any atom is 0.255 e. The summed E-state index contributed by atoms with van der Waals surface area (Å²) in [5.41, 5.74) is 4.05. The first-order chi connectivity index (χ1) is 16.5. The molecule has 0 saturated carbocycles. The van der Waals surface area contributed by atoms with E-state index in [-0.39, 0.29) is 11.8 Å². The maximum absolute atomic E-state index is 12.4. The fourth-order valence-corrected chi connectivity index (χ4v) is 3.46. The average Bonchev–Trinajstić information content (AvgIpc) is 2.86. The first-order valence-electron chi connectivity index (χ1n) is 10.3. The van der Waals surface area contributed by atoms with E-state index in [4.69, 9.17) is 0 Å². The number of amides is 2. The van der Waals surface area contributed by atoms with Crippen molar-refractivity contribution in [3.8, 4) is 0 Å². The lowest BCUT2D eigenvalue weighted by molar-refractivity contribution is 0.101. The molecule has 6 nitrogen and oxygen atoms in total. The highest BCUT2D eigenvalue weighted by molar-refractivity contribution is 7.80. The van der Waals surface area contributed by atoms with E-state index in [2.05, 4.69) is 45.9 Å². The van der Waals surface area contributed by atoms with Crippen LogP contribution in [0.1, 0.15) is 31.8 Å². The Morgan fingerprint density at radius 2 is 1.00 bits per heavy atom. The number of benzene rings is 2. The highest BCUT2D eigenvalue weighted by atomic mass is 32.1. The van der Waals surface area contributed by atoms with Crippen molar-refractivity contribution in [2.24, 2.45) is 0 Å². The summed E-state index contributed by atoms with van der Waals surface area (Å²) in [6, 6.07) is 21.4. The number of carbonyl (C=O) groups excluding carboxylic acids is 2. The molecule has 2 aromatic heterocycles. The molecule has 2 heterocycles. The highest BCUT2D eigenvalue weighted by Crippen LogP contribution is 2.19. The van der Waals surface area contributed by atoms with Crippen LogP contribution in [0.3, 0.4) is 0 Å². The summed E-state index contributed by atoms with van der Waals surface area (Å²) >= 11 is 8.49. The van der Waals surface area contributed by atoms with Crippen molar-refractivity contribution in [3.05, 3.63) is 107 Å². The quantitative estimate of drug-likeness (QED) is 0.208. The molecular weight excluding hydrogens is 464 g/mol. The van der Waals surface area contributed by atoms with E-state index in [9.17, 15) is 9.59 Å². The minimum Gasteiger partial charge on any atom is -0.320 e. The topological polar surface area (TPSA) is 84.0 Å². The smallest absolute Gasteiger partial charge is 0.255 e. The molecule has 4 aromatic rings. The molecular formula is C26H20N4O2S2. The second-order valence-corrected chi connectivity index (χ2v) is 8.08. The van der Waals surface area contributed by atoms with Crippen LogP contribution in [0.25, 0.3) is 12.2 Å². The largest absolute Gasteiger partial charge is 0.320 e. The van der Waals surface area contributed by atoms with Gasteiger partial charge in [0.1, 0.15) is 10.1 Å². The van der Waals surface area contributed by atoms with Crippen LogP contribution in [0.5, 0.6) is 0 Å². The molecule has 0 aliphatic carbocycles. The highest BCUT2D eigenvalue weighted by Gasteiger charge is 2.09. The number of carbonyl (C=O) groups is 2. The van der Waals surface area contributed by atoms with E-state index < -0.39 is 0 Å². The number of thiol groups is 2. The van der Waals surface area contributed by atoms with Gasteiger partial charge in [0, 0.05) is 23.5 Å². The molecule has 8 heteroatoms. The van der Waals surface area contributed by atoms with Crippen LogP contribution in [-0.2, 0) is 0 Å². The fourth-order valence-electron chi connectivity index (χ4n) is 3.06. The Kier molecular flexibility index (Phi) is 7.41. The predicted octanol–water partition coefficient (Wildman–Crippen LogP) is 5.73. The first kappa shape index (κ1) is 23.3. The van der Waals surface area contributed by atoms with Gasteiger partial charge in [-0.25, -0.2) is 9.97 Å². The summed E-state index contributed by atoms with van der Waals surface area (Å²) in [6.45, 7) is 0. The summed E-state index contributed by atoms with van der Waals surface area (Å²) in [6.07, 6.45) is 7.10. The van der Waals surface area contributed by atoms with Crippen molar-refractivity contribution in [1.82, 2.24) is 9.97 Å². The van der Waals surface area contributed by atoms with Crippen molar-refractivity contribution in [1.29, 1.82) is 0 Å². The molecule has 34 heavy (non-hydrogen) atoms. The molecule has 0 bridgehead atoms. The summed E-state index contributed by atoms with van der Waals surface area (Å²) in [5, 5.41) is 6.52. The molecule has 0 unspecified atom stereocenters. The minimum atomic E-state index is -0.232. The summed E-state index contributed by atoms with van der Waals surface area (Å²) in [7, 11) is 0. The summed E-state index contributed by atoms with van der Waals surface area (Å²) in [5.74, 6) is -0.465. The van der Waals surface area contributed by atoms with E-state index >= 15 is 0 Å². The van der Waals surface area contributed by atoms with Gasteiger partial charge in [0.25, 0.3) is 11.8 Å². The van der Waals surface area contributed by atoms with Crippen LogP contribution < -0.4 is 10.6 Å². The molecule has 0 spiro atoms. The number of hydrogen-bond acceptors (Lipinski definition) is 6. The second kappa shape index (κ2) is 10.8. The third-order valence-corrected chi connectivity index (χ3v) is 5.60. The molecule has 168 valence electrons. The van der Waals surface area contributed by atoms with E-state index in [0.717, 1.165) is 11.1 Å². The molecule has 0 aliphatic heterocycles. The number of nitrogens with zero attached hydrogens (tertiary/aromatic N) is 2. The van der Waals surface area contributed by atoms with Gasteiger partial charge in [-0.05, 0) is 59.7 Å². The van der Waals surface area contributed by atoms with Crippen LogP contribution in [-0.4, -0.2) is 21.8 Å². The zero-order chi connectivity index (χ0) is 23.9. The van der Waals surface area contributed by atoms with Crippen molar-refractivity contribution in [3.63, 3.8) is 0 Å². The Balaban J connectivity index is 1.37. The Morgan fingerprint density at radius 3 is 1.35 bits per heavy atom. The van der Waals surface area contributed by atoms with Crippen molar-refractivity contribution in [2.45, 2.75) is 10.1 Å². The molecule has 0 atom stereocenters. The van der Waals surface area contributed by atoms with Gasteiger partial charge in [0.2, 0.25) is 0 Å². The van der Waals surface area contributed by atoms with Crippen LogP contribution in [0.2, 0.25) is 0 Å². The summed E-state index contributed by atoms with van der Waals surface area (Å²) < 4.78 is 0. The molecule has 0 fully saturated rings. The zero-order valence-corrected chi connectivity index (χ0v) is 19.6. The lowest BCUT2D eigenvalue weighted by Crippen LogP contribution is -2.12. The SMILES string of the molecule is O=C(Nc1cccnc1S)c1ccc(C=Cc2ccc(C(=O)Nc3cccnc3S)cc2)cc1. The number of pyridine rings is 2. The van der Waals surface area contributed by atoms with Gasteiger partial charge in [-0.15, -0.1) is 25.3 Å². The molecule has 4 rings (SSSR count). The molecule has 0 radical (unpaired) electrons. The van der Waals surface area contributed by atoms with Gasteiger partial charge in [-0.1, -0.05) is 36.4 Å². The maximum atomic E-state index is 12.4. The standard InChI is InChI=1S/C26H20N4O2S2/c31-23(29-21-3-1-15-27-25(21)33)19-11-7-17(8-12-19)5-6-18-9-13-20(14-10-18)24(32)30-22-4-2-16-28-26(22)34/h1-16H,(H,27,33)(H,28,34)(H,29,31)(H,30,32). The fraction of sp³-hybridized carbons (Fsp3) is 0. The normalized spacial score (nSPS) is 10.8. The van der Waals surface area contributed by atoms with Crippen LogP contribution in [0.15, 0.2) is 95.2 Å². The number of aromatic nitrogens is 2. The van der Waals surface area contributed by atoms with Gasteiger partial charge < -0.3 is 10.6 Å². The van der Waals surface area contributed by atoms with E-state index in [1.165, 1.54) is 0 Å². The molecule has 2 N–H and O–H groups in total. The van der Waals surface area contributed by atoms with Gasteiger partial charge >= 0.3 is 0 Å². The van der Waals surface area contributed by atoms with Crippen LogP contribution in [0.4, 0.5) is 11.4 Å². The lowest BCUT2D eigenvalue weighted by Gasteiger charge is -2.07. The summed E-state index contributed by atoms with van der Waals surface area (Å²) in [4.78, 5) is 33.0. The van der Waals surface area contributed by atoms with Crippen LogP contribution in [0, 0.1) is 0 Å². The Labute approximate surface area is 208 Å². The molecule has 0 saturated heterocycles. The van der Waals surface area contributed by atoms with Gasteiger partial charge in [0.15, 0.2) is 0 Å². The Morgan fingerprint density at radius 1 is 0.618 bits per heavy atom. The Hall–Kier alpha value is -3.88. The third kappa shape index (κ3) is 5.92. The minimum absolute atomic E-state index is 0.232. The molecule has 2 aromatic carbocycles. The monoisotopic (exact) mass is 484 g/mol. The second-order valence-electron chi connectivity index (χ2n) is 7.23. The average molecular weight is 485 g/mol. The molecule has 0 aliphatic rings. The first-order valence-corrected chi connectivity index (χ1v) is 11.2. The number of rotatable bonds is 6. The lowest BCUT2D eigenvalue weighted by atomic mass is 10.1. The van der Waals surface area contributed by atoms with Crippen LogP contribution >= 0.6 is 25.3 Å². The van der Waals surface area contributed by atoms with Gasteiger partial charge in [-0.2, -0.15) is 0 Å². The van der Waals surface area contributed by atoms with E-state index in [0.29, 0.717) is 32.6 Å². The third-order valence-electron chi connectivity index (χ3n) is 4.88. The van der Waals surface area contributed by atoms with Gasteiger partial charge in [-0.3, -0.25) is 9.59 Å². The zero-order valence-electron chi connectivity index (χ0n) is 17.8. The number of nitrogens with one attached hydrogen (secondary N) is 2. The number of anilines is 2. The predicted molar refractivity (Wildman–Crippen MR) is 141 cm³/mol.